The first kappa shape index (κ1) is 13.0. The molecule has 1 aliphatic heterocycles. The van der Waals surface area contributed by atoms with E-state index in [-0.39, 0.29) is 11.7 Å². The zero-order valence-electron chi connectivity index (χ0n) is 10.2. The van der Waals surface area contributed by atoms with Crippen LogP contribution >= 0.6 is 0 Å². The van der Waals surface area contributed by atoms with Crippen molar-refractivity contribution in [3.05, 3.63) is 35.4 Å². The summed E-state index contributed by atoms with van der Waals surface area (Å²) in [5, 5.41) is 0. The lowest BCUT2D eigenvalue weighted by Crippen LogP contribution is -2.45. The maximum atomic E-state index is 13.5. The number of hydrogen-bond donors (Lipinski definition) is 0. The highest BCUT2D eigenvalue weighted by molar-refractivity contribution is 5.94. The summed E-state index contributed by atoms with van der Waals surface area (Å²) in [4.78, 5) is 13.6. The lowest BCUT2D eigenvalue weighted by atomic mass is 10.1. The fourth-order valence-corrected chi connectivity index (χ4v) is 1.99. The van der Waals surface area contributed by atoms with E-state index in [1.165, 1.54) is 17.0 Å². The summed E-state index contributed by atoms with van der Waals surface area (Å²) in [5.74, 6) is -2.56. The van der Waals surface area contributed by atoms with Crippen LogP contribution in [0, 0.1) is 11.6 Å². The van der Waals surface area contributed by atoms with Crippen LogP contribution in [-0.2, 0) is 4.74 Å². The molecule has 98 valence electrons. The van der Waals surface area contributed by atoms with Gasteiger partial charge in [0.15, 0.2) is 11.6 Å². The normalized spacial score (nSPS) is 19.9. The fourth-order valence-electron chi connectivity index (χ4n) is 1.99. The van der Waals surface area contributed by atoms with Gasteiger partial charge in [0, 0.05) is 13.1 Å². The molecule has 0 bridgehead atoms. The topological polar surface area (TPSA) is 29.5 Å². The second kappa shape index (κ2) is 5.44. The van der Waals surface area contributed by atoms with Crippen LogP contribution in [0.25, 0.3) is 0 Å². The van der Waals surface area contributed by atoms with Gasteiger partial charge in [-0.15, -0.1) is 0 Å². The molecule has 0 spiro atoms. The SMILES string of the molecule is CCC1CN(C(=O)c2cccc(F)c2F)CCO1. The Labute approximate surface area is 104 Å². The molecular weight excluding hydrogens is 240 g/mol. The number of rotatable bonds is 2. The predicted octanol–water partition coefficient (Wildman–Crippen LogP) is 2.22. The van der Waals surface area contributed by atoms with E-state index >= 15 is 0 Å². The van der Waals surface area contributed by atoms with Gasteiger partial charge in [-0.3, -0.25) is 4.79 Å². The van der Waals surface area contributed by atoms with Crippen molar-refractivity contribution in [2.75, 3.05) is 19.7 Å². The summed E-state index contributed by atoms with van der Waals surface area (Å²) in [5.41, 5.74) is -0.216. The van der Waals surface area contributed by atoms with Gasteiger partial charge in [0.05, 0.1) is 18.3 Å². The lowest BCUT2D eigenvalue weighted by molar-refractivity contribution is -0.0227. The number of amides is 1. The van der Waals surface area contributed by atoms with Crippen LogP contribution in [0.15, 0.2) is 18.2 Å². The van der Waals surface area contributed by atoms with Crippen molar-refractivity contribution >= 4 is 5.91 Å². The number of hydrogen-bond acceptors (Lipinski definition) is 2. The quantitative estimate of drug-likeness (QED) is 0.811. The molecule has 1 aliphatic rings. The molecule has 1 aromatic rings. The van der Waals surface area contributed by atoms with Crippen molar-refractivity contribution in [2.24, 2.45) is 0 Å². The van der Waals surface area contributed by atoms with Gasteiger partial charge in [0.25, 0.3) is 5.91 Å². The Bertz CT molecular complexity index is 451. The van der Waals surface area contributed by atoms with Crippen molar-refractivity contribution < 1.29 is 18.3 Å². The van der Waals surface area contributed by atoms with Crippen LogP contribution in [0.5, 0.6) is 0 Å². The molecule has 1 unspecified atom stereocenters. The fraction of sp³-hybridized carbons (Fsp3) is 0.462. The van der Waals surface area contributed by atoms with Gasteiger partial charge in [0.2, 0.25) is 0 Å². The van der Waals surface area contributed by atoms with Gasteiger partial charge in [-0.05, 0) is 18.6 Å². The zero-order chi connectivity index (χ0) is 13.1. The second-order valence-corrected chi connectivity index (χ2v) is 4.25. The van der Waals surface area contributed by atoms with E-state index in [1.807, 2.05) is 6.92 Å². The molecule has 1 heterocycles. The van der Waals surface area contributed by atoms with Crippen LogP contribution in [0.3, 0.4) is 0 Å². The van der Waals surface area contributed by atoms with E-state index < -0.39 is 17.5 Å². The monoisotopic (exact) mass is 255 g/mol. The van der Waals surface area contributed by atoms with E-state index in [4.69, 9.17) is 4.74 Å². The Balaban J connectivity index is 2.18. The van der Waals surface area contributed by atoms with E-state index in [2.05, 4.69) is 0 Å². The summed E-state index contributed by atoms with van der Waals surface area (Å²) >= 11 is 0. The molecule has 0 aliphatic carbocycles. The summed E-state index contributed by atoms with van der Waals surface area (Å²) in [7, 11) is 0. The Morgan fingerprint density at radius 1 is 1.50 bits per heavy atom. The standard InChI is InChI=1S/C13H15F2NO2/c1-2-9-8-16(6-7-18-9)13(17)10-4-3-5-11(14)12(10)15/h3-5,9H,2,6-8H2,1H3. The summed E-state index contributed by atoms with van der Waals surface area (Å²) in [6, 6.07) is 3.64. The van der Waals surface area contributed by atoms with Gasteiger partial charge in [-0.2, -0.15) is 0 Å². The van der Waals surface area contributed by atoms with Gasteiger partial charge < -0.3 is 9.64 Å². The molecule has 5 heteroatoms. The number of nitrogens with zero attached hydrogens (tertiary/aromatic N) is 1. The third-order valence-corrected chi connectivity index (χ3v) is 3.06. The number of carbonyl (C=O) groups is 1. The second-order valence-electron chi connectivity index (χ2n) is 4.25. The number of carbonyl (C=O) groups excluding carboxylic acids is 1. The lowest BCUT2D eigenvalue weighted by Gasteiger charge is -2.32. The van der Waals surface area contributed by atoms with Crippen molar-refractivity contribution in [3.8, 4) is 0 Å². The maximum absolute atomic E-state index is 13.5. The van der Waals surface area contributed by atoms with Gasteiger partial charge in [0.1, 0.15) is 0 Å². The number of ether oxygens (including phenoxy) is 1. The minimum Gasteiger partial charge on any atom is -0.375 e. The molecule has 3 nitrogen and oxygen atoms in total. The third-order valence-electron chi connectivity index (χ3n) is 3.06. The molecule has 1 atom stereocenters. The summed E-state index contributed by atoms with van der Waals surface area (Å²) in [6.07, 6.45) is 0.759. The highest BCUT2D eigenvalue weighted by atomic mass is 19.2. The Morgan fingerprint density at radius 3 is 3.00 bits per heavy atom. The maximum Gasteiger partial charge on any atom is 0.257 e. The largest absolute Gasteiger partial charge is 0.375 e. The number of benzene rings is 1. The first-order valence-corrected chi connectivity index (χ1v) is 5.98. The van der Waals surface area contributed by atoms with Gasteiger partial charge >= 0.3 is 0 Å². The molecule has 0 N–H and O–H groups in total. The molecular formula is C13H15F2NO2. The predicted molar refractivity (Wildman–Crippen MR) is 62.3 cm³/mol. The Hall–Kier alpha value is -1.49. The summed E-state index contributed by atoms with van der Waals surface area (Å²) < 4.78 is 32.0. The first-order chi connectivity index (χ1) is 8.63. The van der Waals surface area contributed by atoms with Crippen molar-refractivity contribution in [2.45, 2.75) is 19.4 Å². The van der Waals surface area contributed by atoms with Crippen LogP contribution in [0.1, 0.15) is 23.7 Å². The van der Waals surface area contributed by atoms with Crippen molar-refractivity contribution in [1.29, 1.82) is 0 Å². The Kier molecular flexibility index (Phi) is 3.91. The molecule has 0 radical (unpaired) electrons. The molecule has 1 amide bonds. The van der Waals surface area contributed by atoms with Crippen molar-refractivity contribution in [1.82, 2.24) is 4.90 Å². The minimum absolute atomic E-state index is 0.0284. The Morgan fingerprint density at radius 2 is 2.28 bits per heavy atom. The van der Waals surface area contributed by atoms with Crippen LogP contribution in [-0.4, -0.2) is 36.6 Å². The van der Waals surface area contributed by atoms with Crippen molar-refractivity contribution in [3.63, 3.8) is 0 Å². The van der Waals surface area contributed by atoms with E-state index in [1.54, 1.807) is 0 Å². The van der Waals surface area contributed by atoms with Crippen LogP contribution in [0.2, 0.25) is 0 Å². The zero-order valence-corrected chi connectivity index (χ0v) is 10.2. The van der Waals surface area contributed by atoms with Gasteiger partial charge in [-0.25, -0.2) is 8.78 Å². The van der Waals surface area contributed by atoms with Crippen LogP contribution < -0.4 is 0 Å². The highest BCUT2D eigenvalue weighted by Gasteiger charge is 2.26. The van der Waals surface area contributed by atoms with E-state index in [9.17, 15) is 13.6 Å². The molecule has 1 aromatic carbocycles. The molecule has 2 rings (SSSR count). The third kappa shape index (κ3) is 2.51. The molecule has 0 aromatic heterocycles. The molecule has 1 saturated heterocycles. The smallest absolute Gasteiger partial charge is 0.257 e. The molecule has 1 fully saturated rings. The average Bonchev–Trinajstić information content (AvgIpc) is 2.41. The van der Waals surface area contributed by atoms with E-state index in [0.717, 1.165) is 12.5 Å². The minimum atomic E-state index is -1.08. The van der Waals surface area contributed by atoms with Gasteiger partial charge in [-0.1, -0.05) is 13.0 Å². The molecule has 0 saturated carbocycles. The average molecular weight is 255 g/mol. The van der Waals surface area contributed by atoms with Crippen LogP contribution in [0.4, 0.5) is 8.78 Å². The number of halogens is 2. The number of morpholine rings is 1. The molecule has 18 heavy (non-hydrogen) atoms. The summed E-state index contributed by atoms with van der Waals surface area (Å²) in [6.45, 7) is 3.22. The van der Waals surface area contributed by atoms with E-state index in [0.29, 0.717) is 19.7 Å². The highest BCUT2D eigenvalue weighted by Crippen LogP contribution is 2.16. The first-order valence-electron chi connectivity index (χ1n) is 5.98.